The summed E-state index contributed by atoms with van der Waals surface area (Å²) in [5, 5.41) is 15.7. The molecular weight excluding hydrogens is 532 g/mol. The molecule has 2 aromatic carbocycles. The number of unbranched alkanes of at least 4 members (excludes halogenated alkanes) is 9. The standard InChI is InChI=1S/C38H50N2O3/c1-6-9-10-11-12-13-14-15-16-17-19-28-20-18-21-29(38(41)42)36(28)37-30-22-26(4)32(39-7-2)24-34(30)43-35-25-33(40-8-3)27(5)23-31(35)37/h18,20-25,39H,6-17,19H2,1-5H3,(H,41,42). The second-order valence-electron chi connectivity index (χ2n) is 11.9. The van der Waals surface area contributed by atoms with Gasteiger partial charge in [0.15, 0.2) is 0 Å². The van der Waals surface area contributed by atoms with Gasteiger partial charge in [-0.2, -0.15) is 0 Å². The lowest BCUT2D eigenvalue weighted by atomic mass is 9.85. The van der Waals surface area contributed by atoms with E-state index < -0.39 is 5.97 Å². The van der Waals surface area contributed by atoms with Crippen molar-refractivity contribution in [2.24, 2.45) is 4.99 Å². The zero-order chi connectivity index (χ0) is 30.8. The Hall–Kier alpha value is -3.60. The number of benzene rings is 3. The normalized spacial score (nSPS) is 12.0. The molecule has 43 heavy (non-hydrogen) atoms. The summed E-state index contributed by atoms with van der Waals surface area (Å²) in [7, 11) is 0. The van der Waals surface area contributed by atoms with Crippen molar-refractivity contribution in [3.8, 4) is 22.5 Å². The monoisotopic (exact) mass is 582 g/mol. The summed E-state index contributed by atoms with van der Waals surface area (Å²) in [5.41, 5.74) is 8.01. The van der Waals surface area contributed by atoms with E-state index >= 15 is 0 Å². The maximum absolute atomic E-state index is 12.7. The fourth-order valence-corrected chi connectivity index (χ4v) is 6.26. The first-order valence-electron chi connectivity index (χ1n) is 16.5. The maximum Gasteiger partial charge on any atom is 0.336 e. The Morgan fingerprint density at radius 1 is 0.837 bits per heavy atom. The molecule has 2 N–H and O–H groups in total. The minimum Gasteiger partial charge on any atom is -0.478 e. The van der Waals surface area contributed by atoms with Gasteiger partial charge in [-0.1, -0.05) is 76.8 Å². The Morgan fingerprint density at radius 2 is 1.53 bits per heavy atom. The van der Waals surface area contributed by atoms with Crippen LogP contribution in [0.3, 0.4) is 0 Å². The van der Waals surface area contributed by atoms with Gasteiger partial charge < -0.3 is 14.8 Å². The average molecular weight is 583 g/mol. The van der Waals surface area contributed by atoms with Crippen LogP contribution < -0.4 is 10.7 Å². The lowest BCUT2D eigenvalue weighted by molar-refractivity contribution is 0.0697. The summed E-state index contributed by atoms with van der Waals surface area (Å²) < 4.78 is 6.55. The summed E-state index contributed by atoms with van der Waals surface area (Å²) in [4.78, 5) is 17.4. The third-order valence-electron chi connectivity index (χ3n) is 8.51. The van der Waals surface area contributed by atoms with Crippen LogP contribution in [0.1, 0.15) is 112 Å². The van der Waals surface area contributed by atoms with E-state index in [2.05, 4.69) is 62.3 Å². The Bertz CT molecular complexity index is 1570. The van der Waals surface area contributed by atoms with Crippen LogP contribution >= 0.6 is 0 Å². The molecule has 0 unspecified atom stereocenters. The molecule has 0 spiro atoms. The lowest BCUT2D eigenvalue weighted by Gasteiger charge is -2.21. The summed E-state index contributed by atoms with van der Waals surface area (Å²) in [5.74, 6) is -0.186. The number of carbonyl (C=O) groups is 1. The quantitative estimate of drug-likeness (QED) is 0.102. The van der Waals surface area contributed by atoms with Crippen LogP contribution in [0, 0.1) is 13.8 Å². The van der Waals surface area contributed by atoms with Gasteiger partial charge in [0.1, 0.15) is 11.3 Å². The van der Waals surface area contributed by atoms with Crippen LogP contribution in [0.25, 0.3) is 33.4 Å². The van der Waals surface area contributed by atoms with E-state index in [1.807, 2.05) is 19.1 Å². The van der Waals surface area contributed by atoms with E-state index in [1.165, 1.54) is 51.4 Å². The van der Waals surface area contributed by atoms with Crippen LogP contribution in [-0.4, -0.2) is 24.2 Å². The van der Waals surface area contributed by atoms with Crippen LogP contribution in [0.5, 0.6) is 0 Å². The maximum atomic E-state index is 12.7. The number of rotatable bonds is 16. The van der Waals surface area contributed by atoms with E-state index in [1.54, 1.807) is 6.07 Å². The van der Waals surface area contributed by atoms with Gasteiger partial charge >= 0.3 is 5.97 Å². The molecule has 5 heteroatoms. The highest BCUT2D eigenvalue weighted by Gasteiger charge is 2.25. The average Bonchev–Trinajstić information content (AvgIpc) is 2.98. The summed E-state index contributed by atoms with van der Waals surface area (Å²) in [6.45, 7) is 12.0. The van der Waals surface area contributed by atoms with Gasteiger partial charge in [0.05, 0.1) is 10.9 Å². The van der Waals surface area contributed by atoms with Crippen molar-refractivity contribution in [3.05, 3.63) is 70.1 Å². The topological polar surface area (TPSA) is 74.8 Å². The third-order valence-corrected chi connectivity index (χ3v) is 8.51. The molecule has 230 valence electrons. The number of anilines is 1. The van der Waals surface area contributed by atoms with E-state index in [4.69, 9.17) is 4.42 Å². The third kappa shape index (κ3) is 7.87. The highest BCUT2D eigenvalue weighted by Crippen LogP contribution is 2.44. The number of carboxylic acid groups (broad SMARTS) is 1. The molecule has 0 saturated heterocycles. The number of nitrogens with zero attached hydrogens (tertiary/aromatic N) is 1. The van der Waals surface area contributed by atoms with Crippen LogP contribution in [0.4, 0.5) is 5.69 Å². The Labute approximate surface area is 257 Å². The fourth-order valence-electron chi connectivity index (χ4n) is 6.26. The van der Waals surface area contributed by atoms with E-state index in [0.29, 0.717) is 12.1 Å². The molecule has 0 bridgehead atoms. The molecule has 0 fully saturated rings. The first-order chi connectivity index (χ1) is 20.9. The molecule has 0 radical (unpaired) electrons. The van der Waals surface area contributed by atoms with Crippen molar-refractivity contribution in [1.29, 1.82) is 0 Å². The summed E-state index contributed by atoms with van der Waals surface area (Å²) in [6.07, 6.45) is 13.6. The molecule has 0 aromatic heterocycles. The van der Waals surface area contributed by atoms with Gasteiger partial charge in [-0.05, 0) is 75.4 Å². The van der Waals surface area contributed by atoms with Crippen molar-refractivity contribution in [2.75, 3.05) is 18.4 Å². The number of carboxylic acids is 1. The molecule has 2 aromatic rings. The lowest BCUT2D eigenvalue weighted by Crippen LogP contribution is -2.10. The molecular formula is C38H50N2O3. The van der Waals surface area contributed by atoms with Crippen molar-refractivity contribution in [2.45, 2.75) is 105 Å². The fraction of sp³-hybridized carbons (Fsp3) is 0.474. The molecule has 1 aliphatic heterocycles. The molecule has 0 atom stereocenters. The largest absolute Gasteiger partial charge is 0.478 e. The minimum atomic E-state index is -0.905. The first kappa shape index (κ1) is 32.3. The SMILES string of the molecule is CCCCCCCCCCCCc1cccc(C(=O)O)c1-c1c2cc(C)c(=NCC)cc-2oc2cc(NCC)c(C)cc12. The van der Waals surface area contributed by atoms with Gasteiger partial charge in [0.25, 0.3) is 0 Å². The number of aryl methyl sites for hydroxylation is 3. The number of aromatic carboxylic acids is 1. The Kier molecular flexibility index (Phi) is 11.8. The summed E-state index contributed by atoms with van der Waals surface area (Å²) >= 11 is 0. The van der Waals surface area contributed by atoms with Gasteiger partial charge in [-0.25, -0.2) is 4.79 Å². The molecule has 1 heterocycles. The Balaban J connectivity index is 1.78. The molecule has 0 saturated carbocycles. The van der Waals surface area contributed by atoms with Gasteiger partial charge in [0, 0.05) is 53.0 Å². The molecule has 5 nitrogen and oxygen atoms in total. The molecule has 4 rings (SSSR count). The minimum absolute atomic E-state index is 0.340. The van der Waals surface area contributed by atoms with Crippen LogP contribution in [0.15, 0.2) is 51.9 Å². The van der Waals surface area contributed by atoms with Crippen molar-refractivity contribution >= 4 is 22.6 Å². The van der Waals surface area contributed by atoms with E-state index in [9.17, 15) is 9.90 Å². The molecule has 1 aliphatic carbocycles. The summed E-state index contributed by atoms with van der Waals surface area (Å²) in [6, 6.07) is 14.1. The van der Waals surface area contributed by atoms with E-state index in [-0.39, 0.29) is 0 Å². The molecule has 0 amide bonds. The number of hydrogen-bond donors (Lipinski definition) is 2. The van der Waals surface area contributed by atoms with Gasteiger partial charge in [-0.15, -0.1) is 0 Å². The number of hydrogen-bond acceptors (Lipinski definition) is 4. The highest BCUT2D eigenvalue weighted by molar-refractivity contribution is 6.09. The van der Waals surface area contributed by atoms with Crippen LogP contribution in [0.2, 0.25) is 0 Å². The van der Waals surface area contributed by atoms with Gasteiger partial charge in [0.2, 0.25) is 0 Å². The Morgan fingerprint density at radius 3 is 2.19 bits per heavy atom. The number of nitrogens with one attached hydrogen (secondary N) is 1. The first-order valence-corrected chi connectivity index (χ1v) is 16.5. The van der Waals surface area contributed by atoms with Crippen molar-refractivity contribution in [3.63, 3.8) is 0 Å². The smallest absolute Gasteiger partial charge is 0.336 e. The highest BCUT2D eigenvalue weighted by atomic mass is 16.4. The zero-order valence-corrected chi connectivity index (χ0v) is 26.9. The van der Waals surface area contributed by atoms with E-state index in [0.717, 1.165) is 87.0 Å². The predicted molar refractivity (Wildman–Crippen MR) is 181 cm³/mol. The van der Waals surface area contributed by atoms with Crippen molar-refractivity contribution in [1.82, 2.24) is 0 Å². The number of fused-ring (bicyclic) bond motifs is 2. The predicted octanol–water partition coefficient (Wildman–Crippen LogP) is 10.3. The molecule has 2 aliphatic rings. The van der Waals surface area contributed by atoms with Gasteiger partial charge in [-0.3, -0.25) is 4.99 Å². The van der Waals surface area contributed by atoms with Crippen molar-refractivity contribution < 1.29 is 14.3 Å². The van der Waals surface area contributed by atoms with Crippen LogP contribution in [-0.2, 0) is 6.42 Å². The second-order valence-corrected chi connectivity index (χ2v) is 11.9. The second kappa shape index (κ2) is 15.7. The zero-order valence-electron chi connectivity index (χ0n) is 26.9.